The van der Waals surface area contributed by atoms with Crippen LogP contribution in [0.4, 0.5) is 13.2 Å². The number of halogens is 3. The van der Waals surface area contributed by atoms with Crippen molar-refractivity contribution in [1.29, 1.82) is 0 Å². The number of aromatic nitrogens is 2. The van der Waals surface area contributed by atoms with Gasteiger partial charge in [0.2, 0.25) is 0 Å². The molecule has 0 amide bonds. The summed E-state index contributed by atoms with van der Waals surface area (Å²) in [6, 6.07) is 6.08. The van der Waals surface area contributed by atoms with E-state index in [2.05, 4.69) is 9.97 Å². The lowest BCUT2D eigenvalue weighted by Gasteiger charge is -2.08. The molecule has 2 rings (SSSR count). The Morgan fingerprint density at radius 3 is 2.54 bits per heavy atom. The van der Waals surface area contributed by atoms with Crippen LogP contribution >= 0.6 is 11.8 Å². The van der Waals surface area contributed by atoms with Crippen LogP contribution in [0.3, 0.4) is 0 Å². The molecule has 0 unspecified atom stereocenters. The first-order chi connectivity index (χ1) is 11.3. The Kier molecular flexibility index (Phi) is 5.50. The van der Waals surface area contributed by atoms with Gasteiger partial charge in [-0.25, -0.2) is 9.78 Å². The Labute approximate surface area is 137 Å². The average Bonchev–Trinajstić information content (AvgIpc) is 2.50. The summed E-state index contributed by atoms with van der Waals surface area (Å²) >= 11 is 0.906. The molecule has 24 heavy (non-hydrogen) atoms. The molecule has 6 nitrogen and oxygen atoms in total. The predicted molar refractivity (Wildman–Crippen MR) is 79.5 cm³/mol. The highest BCUT2D eigenvalue weighted by atomic mass is 32.2. The molecule has 0 spiro atoms. The quantitative estimate of drug-likeness (QED) is 0.467. The molecule has 128 valence electrons. The van der Waals surface area contributed by atoms with Gasteiger partial charge in [-0.05, 0) is 24.3 Å². The average molecular weight is 360 g/mol. The number of aromatic carboxylic acids is 1. The van der Waals surface area contributed by atoms with Crippen LogP contribution in [-0.2, 0) is 6.18 Å². The number of carboxylic acids is 1. The number of carboxylic acid groups (broad SMARTS) is 1. The Hall–Kier alpha value is -2.49. The van der Waals surface area contributed by atoms with Crippen LogP contribution in [0.2, 0.25) is 0 Å². The number of hydrogen-bond donors (Lipinski definition) is 2. The maximum absolute atomic E-state index is 12.6. The first kappa shape index (κ1) is 17.9. The Morgan fingerprint density at radius 1 is 1.29 bits per heavy atom. The molecule has 0 saturated carbocycles. The topological polar surface area (TPSA) is 92.3 Å². The van der Waals surface area contributed by atoms with Crippen LogP contribution in [0.15, 0.2) is 40.3 Å². The predicted octanol–water partition coefficient (Wildman–Crippen LogP) is 2.66. The van der Waals surface area contributed by atoms with E-state index in [1.807, 2.05) is 0 Å². The van der Waals surface area contributed by atoms with Gasteiger partial charge < -0.3 is 14.8 Å². The van der Waals surface area contributed by atoms with E-state index >= 15 is 0 Å². The first-order valence-electron chi connectivity index (χ1n) is 6.53. The van der Waals surface area contributed by atoms with Gasteiger partial charge in [0, 0.05) is 11.8 Å². The van der Waals surface area contributed by atoms with Crippen molar-refractivity contribution < 1.29 is 27.8 Å². The number of carbonyl (C=O) groups is 1. The third kappa shape index (κ3) is 5.01. The highest BCUT2D eigenvalue weighted by molar-refractivity contribution is 7.99. The zero-order valence-electron chi connectivity index (χ0n) is 12.0. The Bertz CT molecular complexity index is 775. The van der Waals surface area contributed by atoms with E-state index < -0.39 is 23.4 Å². The summed E-state index contributed by atoms with van der Waals surface area (Å²) in [6.45, 7) is 0.136. The lowest BCUT2D eigenvalue weighted by atomic mass is 10.2. The summed E-state index contributed by atoms with van der Waals surface area (Å²) in [5, 5.41) is 8.60. The number of aromatic amines is 1. The number of benzene rings is 1. The van der Waals surface area contributed by atoms with Gasteiger partial charge in [0.15, 0.2) is 10.9 Å². The van der Waals surface area contributed by atoms with Gasteiger partial charge in [-0.1, -0.05) is 11.8 Å². The van der Waals surface area contributed by atoms with Crippen LogP contribution in [0.25, 0.3) is 0 Å². The number of rotatable bonds is 6. The first-order valence-corrected chi connectivity index (χ1v) is 7.52. The minimum Gasteiger partial charge on any atom is -0.493 e. The standard InChI is InChI=1S/C14H11F3N2O4S/c15-14(16,17)10-7-11(20)19-13(18-10)24-6-5-23-9-3-1-8(2-4-9)12(21)22/h1-4,7H,5-6H2,(H,21,22)(H,18,19,20). The van der Waals surface area contributed by atoms with E-state index in [1.165, 1.54) is 24.3 Å². The molecule has 1 aromatic heterocycles. The molecule has 0 radical (unpaired) electrons. The number of nitrogens with zero attached hydrogens (tertiary/aromatic N) is 1. The van der Waals surface area contributed by atoms with Crippen molar-refractivity contribution in [3.63, 3.8) is 0 Å². The van der Waals surface area contributed by atoms with Crippen molar-refractivity contribution in [3.8, 4) is 5.75 Å². The lowest BCUT2D eigenvalue weighted by Crippen LogP contribution is -2.17. The molecule has 1 aromatic carbocycles. The van der Waals surface area contributed by atoms with Gasteiger partial charge in [0.1, 0.15) is 5.75 Å². The van der Waals surface area contributed by atoms with E-state index in [0.29, 0.717) is 11.8 Å². The maximum Gasteiger partial charge on any atom is 0.433 e. The van der Waals surface area contributed by atoms with Crippen molar-refractivity contribution in [2.45, 2.75) is 11.3 Å². The second-order valence-corrected chi connectivity index (χ2v) is 5.54. The van der Waals surface area contributed by atoms with Gasteiger partial charge in [0.05, 0.1) is 12.2 Å². The number of alkyl halides is 3. The van der Waals surface area contributed by atoms with Crippen molar-refractivity contribution in [2.24, 2.45) is 0 Å². The van der Waals surface area contributed by atoms with Gasteiger partial charge in [0.25, 0.3) is 5.56 Å². The van der Waals surface area contributed by atoms with Gasteiger partial charge >= 0.3 is 12.1 Å². The highest BCUT2D eigenvalue weighted by Crippen LogP contribution is 2.27. The second kappa shape index (κ2) is 7.39. The number of hydrogen-bond acceptors (Lipinski definition) is 5. The molecule has 2 N–H and O–H groups in total. The van der Waals surface area contributed by atoms with Crippen LogP contribution in [0, 0.1) is 0 Å². The van der Waals surface area contributed by atoms with E-state index in [0.717, 1.165) is 11.8 Å². The molecular formula is C14H11F3N2O4S. The molecule has 0 aliphatic carbocycles. The van der Waals surface area contributed by atoms with Crippen molar-refractivity contribution in [2.75, 3.05) is 12.4 Å². The molecular weight excluding hydrogens is 349 g/mol. The summed E-state index contributed by atoms with van der Waals surface area (Å²) in [7, 11) is 0. The molecule has 1 heterocycles. The summed E-state index contributed by atoms with van der Waals surface area (Å²) in [5.41, 5.74) is -2.02. The fourth-order valence-electron chi connectivity index (χ4n) is 1.64. The molecule has 2 aromatic rings. The monoisotopic (exact) mass is 360 g/mol. The third-order valence-electron chi connectivity index (χ3n) is 2.70. The molecule has 0 aliphatic heterocycles. The Morgan fingerprint density at radius 2 is 1.96 bits per heavy atom. The molecule has 0 atom stereocenters. The van der Waals surface area contributed by atoms with Gasteiger partial charge in [-0.15, -0.1) is 0 Å². The third-order valence-corrected chi connectivity index (χ3v) is 3.54. The van der Waals surface area contributed by atoms with Gasteiger partial charge in [-0.2, -0.15) is 13.2 Å². The smallest absolute Gasteiger partial charge is 0.433 e. The number of thioether (sulfide) groups is 1. The van der Waals surface area contributed by atoms with Crippen molar-refractivity contribution >= 4 is 17.7 Å². The SMILES string of the molecule is O=C(O)c1ccc(OCCSc2nc(C(F)(F)F)cc(=O)[nH]2)cc1. The summed E-state index contributed by atoms with van der Waals surface area (Å²) in [5.74, 6) is -0.395. The zero-order chi connectivity index (χ0) is 17.7. The molecule has 0 bridgehead atoms. The minimum atomic E-state index is -4.69. The Balaban J connectivity index is 1.89. The number of H-pyrrole nitrogens is 1. The number of ether oxygens (including phenoxy) is 1. The second-order valence-electron chi connectivity index (χ2n) is 4.46. The molecule has 0 aliphatic rings. The zero-order valence-corrected chi connectivity index (χ0v) is 12.8. The highest BCUT2D eigenvalue weighted by Gasteiger charge is 2.33. The fourth-order valence-corrected chi connectivity index (χ4v) is 2.34. The van der Waals surface area contributed by atoms with Gasteiger partial charge in [-0.3, -0.25) is 4.79 Å². The van der Waals surface area contributed by atoms with Crippen LogP contribution in [0.1, 0.15) is 16.1 Å². The lowest BCUT2D eigenvalue weighted by molar-refractivity contribution is -0.141. The summed E-state index contributed by atoms with van der Waals surface area (Å²) in [6.07, 6.45) is -4.69. The fraction of sp³-hybridized carbons (Fsp3) is 0.214. The maximum atomic E-state index is 12.6. The summed E-state index contributed by atoms with van der Waals surface area (Å²) in [4.78, 5) is 27.5. The van der Waals surface area contributed by atoms with E-state index in [4.69, 9.17) is 9.84 Å². The molecule has 10 heteroatoms. The number of nitrogens with one attached hydrogen (secondary N) is 1. The minimum absolute atomic E-state index is 0.113. The van der Waals surface area contributed by atoms with Crippen LogP contribution in [0.5, 0.6) is 5.75 Å². The van der Waals surface area contributed by atoms with E-state index in [-0.39, 0.29) is 23.1 Å². The molecule has 0 saturated heterocycles. The summed E-state index contributed by atoms with van der Waals surface area (Å²) < 4.78 is 43.0. The van der Waals surface area contributed by atoms with Crippen LogP contribution < -0.4 is 10.3 Å². The van der Waals surface area contributed by atoms with Crippen molar-refractivity contribution in [1.82, 2.24) is 9.97 Å². The van der Waals surface area contributed by atoms with E-state index in [9.17, 15) is 22.8 Å². The molecule has 0 fully saturated rings. The van der Waals surface area contributed by atoms with Crippen molar-refractivity contribution in [3.05, 3.63) is 51.9 Å². The largest absolute Gasteiger partial charge is 0.493 e. The van der Waals surface area contributed by atoms with Crippen LogP contribution in [-0.4, -0.2) is 33.4 Å². The normalized spacial score (nSPS) is 11.3. The van der Waals surface area contributed by atoms with E-state index in [1.54, 1.807) is 0 Å².